The maximum atomic E-state index is 13.2. The smallest absolute Gasteiger partial charge is 0.255 e. The van der Waals surface area contributed by atoms with Crippen molar-refractivity contribution in [1.82, 2.24) is 14.4 Å². The molecule has 0 saturated carbocycles. The monoisotopic (exact) mass is 414 g/mol. The quantitative estimate of drug-likeness (QED) is 0.812. The number of halogens is 1. The van der Waals surface area contributed by atoms with Crippen molar-refractivity contribution in [3.05, 3.63) is 68.6 Å². The summed E-state index contributed by atoms with van der Waals surface area (Å²) < 4.78 is 1.93. The zero-order chi connectivity index (χ0) is 20.5. The molecule has 7 heteroatoms. The predicted molar refractivity (Wildman–Crippen MR) is 114 cm³/mol. The number of carbonyl (C=O) groups is 1. The number of benzene rings is 1. The van der Waals surface area contributed by atoms with Crippen molar-refractivity contribution < 1.29 is 4.79 Å². The van der Waals surface area contributed by atoms with Crippen LogP contribution in [0.15, 0.2) is 41.2 Å². The number of likely N-dealkylation sites (tertiary alicyclic amines) is 1. The van der Waals surface area contributed by atoms with Crippen LogP contribution in [0, 0.1) is 5.92 Å². The van der Waals surface area contributed by atoms with E-state index in [1.165, 1.54) is 0 Å². The van der Waals surface area contributed by atoms with Gasteiger partial charge in [0.2, 0.25) is 5.91 Å². The summed E-state index contributed by atoms with van der Waals surface area (Å²) in [5, 5.41) is 0.742. The van der Waals surface area contributed by atoms with Gasteiger partial charge in [0, 0.05) is 54.9 Å². The highest BCUT2D eigenvalue weighted by Crippen LogP contribution is 2.35. The summed E-state index contributed by atoms with van der Waals surface area (Å²) in [5.41, 5.74) is 8.51. The topological polar surface area (TPSA) is 71.6 Å². The first-order chi connectivity index (χ1) is 14.0. The van der Waals surface area contributed by atoms with Gasteiger partial charge in [-0.1, -0.05) is 35.9 Å². The second-order valence-electron chi connectivity index (χ2n) is 8.26. The molecule has 2 bridgehead atoms. The summed E-state index contributed by atoms with van der Waals surface area (Å²) in [6, 6.07) is 11.8. The summed E-state index contributed by atoms with van der Waals surface area (Å²) in [6.45, 7) is 3.30. The van der Waals surface area contributed by atoms with Gasteiger partial charge >= 0.3 is 0 Å². The first kappa shape index (κ1) is 20.1. The molecular formula is C22H27ClN4O2. The van der Waals surface area contributed by atoms with Crippen molar-refractivity contribution >= 4 is 17.5 Å². The van der Waals surface area contributed by atoms with Crippen LogP contribution in [0.4, 0.5) is 0 Å². The van der Waals surface area contributed by atoms with Gasteiger partial charge in [-0.05, 0) is 37.1 Å². The number of piperidine rings is 1. The van der Waals surface area contributed by atoms with Crippen LogP contribution in [0.1, 0.15) is 29.2 Å². The number of fused-ring (bicyclic) bond motifs is 4. The predicted octanol–water partition coefficient (Wildman–Crippen LogP) is 2.04. The minimum atomic E-state index is -0.00619. The normalized spacial score (nSPS) is 20.6. The summed E-state index contributed by atoms with van der Waals surface area (Å²) in [4.78, 5) is 29.2. The molecule has 154 valence electrons. The zero-order valence-electron chi connectivity index (χ0n) is 16.7. The van der Waals surface area contributed by atoms with Gasteiger partial charge in [0.1, 0.15) is 0 Å². The molecule has 1 fully saturated rings. The van der Waals surface area contributed by atoms with E-state index in [9.17, 15) is 9.59 Å². The van der Waals surface area contributed by atoms with Crippen molar-refractivity contribution in [1.29, 1.82) is 0 Å². The fourth-order valence-corrected chi connectivity index (χ4v) is 4.90. The summed E-state index contributed by atoms with van der Waals surface area (Å²) in [6.07, 6.45) is 1.03. The molecule has 1 saturated heterocycles. The van der Waals surface area contributed by atoms with E-state index in [1.54, 1.807) is 0 Å². The fourth-order valence-electron chi connectivity index (χ4n) is 4.71. The molecule has 2 N–H and O–H groups in total. The van der Waals surface area contributed by atoms with E-state index in [-0.39, 0.29) is 23.9 Å². The van der Waals surface area contributed by atoms with Gasteiger partial charge < -0.3 is 15.2 Å². The molecule has 6 nitrogen and oxygen atoms in total. The van der Waals surface area contributed by atoms with Crippen molar-refractivity contribution in [2.24, 2.45) is 11.7 Å². The van der Waals surface area contributed by atoms with Gasteiger partial charge in [0.15, 0.2) is 0 Å². The minimum Gasteiger partial charge on any atom is -0.341 e. The van der Waals surface area contributed by atoms with E-state index in [4.69, 9.17) is 17.3 Å². The molecule has 29 heavy (non-hydrogen) atoms. The Labute approximate surface area is 175 Å². The number of rotatable bonds is 5. The van der Waals surface area contributed by atoms with Crippen LogP contribution in [-0.4, -0.2) is 47.0 Å². The first-order valence-corrected chi connectivity index (χ1v) is 10.5. The SMILES string of the molecule is CN(Cc1ccccc1Cl)Cc1ccc2n(c1=O)C[C@H]1C[C@@H]2CN(C(=O)CN)C1. The molecule has 2 atom stereocenters. The molecule has 1 aromatic heterocycles. The van der Waals surface area contributed by atoms with Gasteiger partial charge in [-0.2, -0.15) is 0 Å². The van der Waals surface area contributed by atoms with E-state index in [2.05, 4.69) is 11.0 Å². The Hall–Kier alpha value is -2.15. The molecule has 1 amide bonds. The van der Waals surface area contributed by atoms with Crippen LogP contribution < -0.4 is 11.3 Å². The van der Waals surface area contributed by atoms with Gasteiger partial charge in [0.25, 0.3) is 5.56 Å². The molecule has 2 aliphatic heterocycles. The average molecular weight is 415 g/mol. The summed E-state index contributed by atoms with van der Waals surface area (Å²) >= 11 is 6.27. The third-order valence-corrected chi connectivity index (χ3v) is 6.42. The Morgan fingerprint density at radius 3 is 2.66 bits per heavy atom. The fraction of sp³-hybridized carbons (Fsp3) is 0.455. The standard InChI is InChI=1S/C22H27ClN4O2/c1-25(12-16-4-2-3-5-19(16)23)13-17-6-7-20-18-8-15(11-27(20)22(17)29)10-26(14-18)21(28)9-24/h2-7,15,18H,8-14,24H2,1H3/t15-,18+/m0/s1. The third kappa shape index (κ3) is 4.10. The van der Waals surface area contributed by atoms with Gasteiger partial charge in [0.05, 0.1) is 6.54 Å². The number of pyridine rings is 1. The number of hydrogen-bond acceptors (Lipinski definition) is 4. The summed E-state index contributed by atoms with van der Waals surface area (Å²) in [7, 11) is 2.00. The second-order valence-corrected chi connectivity index (χ2v) is 8.67. The van der Waals surface area contributed by atoms with Crippen LogP contribution in [-0.2, 0) is 24.4 Å². The molecule has 0 aliphatic carbocycles. The lowest BCUT2D eigenvalue weighted by atomic mass is 9.83. The lowest BCUT2D eigenvalue weighted by Crippen LogP contribution is -2.50. The summed E-state index contributed by atoms with van der Waals surface area (Å²) in [5.74, 6) is 0.513. The Kier molecular flexibility index (Phi) is 5.76. The Morgan fingerprint density at radius 2 is 1.90 bits per heavy atom. The maximum Gasteiger partial charge on any atom is 0.255 e. The van der Waals surface area contributed by atoms with Crippen LogP contribution in [0.25, 0.3) is 0 Å². The van der Waals surface area contributed by atoms with Crippen molar-refractivity contribution in [3.8, 4) is 0 Å². The van der Waals surface area contributed by atoms with Gasteiger partial charge in [-0.15, -0.1) is 0 Å². The van der Waals surface area contributed by atoms with E-state index in [0.29, 0.717) is 38.6 Å². The number of aromatic nitrogens is 1. The third-order valence-electron chi connectivity index (χ3n) is 6.05. The van der Waals surface area contributed by atoms with Crippen LogP contribution >= 0.6 is 11.6 Å². The molecular weight excluding hydrogens is 388 g/mol. The van der Waals surface area contributed by atoms with Gasteiger partial charge in [-0.3, -0.25) is 14.5 Å². The van der Waals surface area contributed by atoms with E-state index in [0.717, 1.165) is 28.3 Å². The molecule has 1 aromatic carbocycles. The van der Waals surface area contributed by atoms with E-state index in [1.807, 2.05) is 46.8 Å². The lowest BCUT2D eigenvalue weighted by molar-refractivity contribution is -0.132. The highest BCUT2D eigenvalue weighted by molar-refractivity contribution is 6.31. The minimum absolute atomic E-state index is 0.00619. The molecule has 4 rings (SSSR count). The first-order valence-electron chi connectivity index (χ1n) is 10.1. The second kappa shape index (κ2) is 8.30. The highest BCUT2D eigenvalue weighted by atomic mass is 35.5. The van der Waals surface area contributed by atoms with E-state index >= 15 is 0 Å². The van der Waals surface area contributed by atoms with Crippen molar-refractivity contribution in [3.63, 3.8) is 0 Å². The molecule has 2 aromatic rings. The van der Waals surface area contributed by atoms with E-state index < -0.39 is 0 Å². The molecule has 0 spiro atoms. The van der Waals surface area contributed by atoms with Gasteiger partial charge in [-0.25, -0.2) is 0 Å². The van der Waals surface area contributed by atoms with Crippen LogP contribution in [0.5, 0.6) is 0 Å². The lowest BCUT2D eigenvalue weighted by Gasteiger charge is -2.42. The highest BCUT2D eigenvalue weighted by Gasteiger charge is 2.36. The van der Waals surface area contributed by atoms with Crippen LogP contribution in [0.3, 0.4) is 0 Å². The van der Waals surface area contributed by atoms with Crippen molar-refractivity contribution in [2.75, 3.05) is 26.7 Å². The number of hydrogen-bond donors (Lipinski definition) is 1. The number of amides is 1. The Morgan fingerprint density at radius 1 is 1.14 bits per heavy atom. The zero-order valence-corrected chi connectivity index (χ0v) is 17.4. The molecule has 3 heterocycles. The molecule has 0 unspecified atom stereocenters. The van der Waals surface area contributed by atoms with Crippen molar-refractivity contribution in [2.45, 2.75) is 32.0 Å². The molecule has 0 radical (unpaired) electrons. The number of carbonyl (C=O) groups excluding carboxylic acids is 1. The maximum absolute atomic E-state index is 13.2. The van der Waals surface area contributed by atoms with Crippen LogP contribution in [0.2, 0.25) is 5.02 Å². The molecule has 2 aliphatic rings. The Balaban J connectivity index is 1.52. The number of nitrogens with zero attached hydrogens (tertiary/aromatic N) is 3. The number of nitrogens with two attached hydrogens (primary N) is 1. The Bertz CT molecular complexity index is 974. The average Bonchev–Trinajstić information content (AvgIpc) is 2.71. The largest absolute Gasteiger partial charge is 0.341 e.